The average molecular weight is 381 g/mol. The quantitative estimate of drug-likeness (QED) is 0.250. The fraction of sp³-hybridized carbons (Fsp3) is 0.214. The lowest BCUT2D eigenvalue weighted by atomic mass is 10.2. The van der Waals surface area contributed by atoms with Gasteiger partial charge >= 0.3 is 0 Å². The van der Waals surface area contributed by atoms with E-state index in [1.807, 2.05) is 24.5 Å². The lowest BCUT2D eigenvalue weighted by Crippen LogP contribution is -2.04. The summed E-state index contributed by atoms with van der Waals surface area (Å²) in [6.45, 7) is 0. The van der Waals surface area contributed by atoms with Gasteiger partial charge in [0, 0.05) is 5.56 Å². The predicted molar refractivity (Wildman–Crippen MR) is 103 cm³/mol. The number of carbonyl (C=O) groups excluding carboxylic acids is 1. The van der Waals surface area contributed by atoms with Crippen molar-refractivity contribution in [3.8, 4) is 12.4 Å². The first-order valence-corrected chi connectivity index (χ1v) is 10.3. The van der Waals surface area contributed by atoms with Gasteiger partial charge in [-0.05, 0) is 6.26 Å². The van der Waals surface area contributed by atoms with E-state index in [2.05, 4.69) is 9.98 Å². The zero-order valence-corrected chi connectivity index (χ0v) is 15.4. The summed E-state index contributed by atoms with van der Waals surface area (Å²) in [7, 11) is 0. The van der Waals surface area contributed by atoms with E-state index in [4.69, 9.17) is 10.5 Å². The fourth-order valence-corrected chi connectivity index (χ4v) is 5.05. The maximum Gasteiger partial charge on any atom is 0.207 e. The maximum absolute atomic E-state index is 12.0. The monoisotopic (exact) mass is 380 g/mol. The van der Waals surface area contributed by atoms with E-state index in [-0.39, 0.29) is 11.5 Å². The van der Waals surface area contributed by atoms with Crippen LogP contribution in [0.5, 0.6) is 0 Å². The van der Waals surface area contributed by atoms with Gasteiger partial charge in [-0.1, -0.05) is 65.6 Å². The molecule has 1 aromatic carbocycles. The molecule has 0 atom stereocenters. The second-order valence-electron chi connectivity index (χ2n) is 3.64. The molecule has 0 aliphatic carbocycles. The summed E-state index contributed by atoms with van der Waals surface area (Å²) in [5.41, 5.74) is 0.640. The molecule has 5 nitrogen and oxygen atoms in total. The van der Waals surface area contributed by atoms with Gasteiger partial charge in [0.05, 0.1) is 10.8 Å². The van der Waals surface area contributed by atoms with Crippen LogP contribution < -0.4 is 0 Å². The van der Waals surface area contributed by atoms with Crippen molar-refractivity contribution in [3.05, 3.63) is 35.9 Å². The lowest BCUT2D eigenvalue weighted by molar-refractivity contribution is 0.102. The highest BCUT2D eigenvalue weighted by atomic mass is 32.2. The number of ketones is 1. The Morgan fingerprint density at radius 3 is 2.26 bits per heavy atom. The molecule has 0 heterocycles. The molecule has 0 saturated heterocycles. The number of carbonyl (C=O) groups is 1. The van der Waals surface area contributed by atoms with Crippen molar-refractivity contribution >= 4 is 61.6 Å². The van der Waals surface area contributed by atoms with Crippen molar-refractivity contribution in [2.45, 2.75) is 0 Å². The third-order valence-corrected chi connectivity index (χ3v) is 6.61. The molecule has 0 aliphatic heterocycles. The highest BCUT2D eigenvalue weighted by Crippen LogP contribution is 2.25. The van der Waals surface area contributed by atoms with E-state index in [1.165, 1.54) is 47.0 Å². The van der Waals surface area contributed by atoms with Crippen LogP contribution in [0.15, 0.2) is 40.3 Å². The second kappa shape index (κ2) is 12.1. The Labute approximate surface area is 152 Å². The molecule has 0 aliphatic rings. The van der Waals surface area contributed by atoms with Crippen LogP contribution in [0.2, 0.25) is 0 Å². The molecule has 0 amide bonds. The number of hydrogen-bond acceptors (Lipinski definition) is 9. The zero-order valence-electron chi connectivity index (χ0n) is 12.1. The summed E-state index contributed by atoms with van der Waals surface area (Å²) >= 11 is 5.37. The van der Waals surface area contributed by atoms with Crippen molar-refractivity contribution in [1.29, 1.82) is 10.5 Å². The minimum atomic E-state index is -0.00895. The minimum Gasteiger partial charge on any atom is -0.293 e. The molecule has 0 fully saturated rings. The number of aliphatic imine (C=N–C) groups is 2. The Balaban J connectivity index is 2.49. The fourth-order valence-electron chi connectivity index (χ4n) is 1.29. The number of hydrogen-bond donors (Lipinski definition) is 0. The summed E-state index contributed by atoms with van der Waals surface area (Å²) < 4.78 is 1.18. The summed E-state index contributed by atoms with van der Waals surface area (Å²) in [6.07, 6.45) is 5.33. The topological polar surface area (TPSA) is 89.4 Å². The molecule has 0 saturated carbocycles. The molecule has 0 bridgehead atoms. The van der Waals surface area contributed by atoms with E-state index in [0.29, 0.717) is 19.4 Å². The SMILES string of the molecule is CSC(=NC#N)SCSC(=NC#N)SCC(=O)c1ccccc1. The average Bonchev–Trinajstić information content (AvgIpc) is 2.59. The van der Waals surface area contributed by atoms with Crippen LogP contribution in [0.3, 0.4) is 0 Å². The second-order valence-corrected chi connectivity index (χ2v) is 8.21. The van der Waals surface area contributed by atoms with E-state index in [9.17, 15) is 4.79 Å². The van der Waals surface area contributed by atoms with Gasteiger partial charge in [0.25, 0.3) is 0 Å². The molecule has 0 unspecified atom stereocenters. The van der Waals surface area contributed by atoms with Gasteiger partial charge in [0.2, 0.25) is 12.4 Å². The molecule has 0 radical (unpaired) electrons. The van der Waals surface area contributed by atoms with Crippen molar-refractivity contribution in [2.75, 3.05) is 17.1 Å². The summed E-state index contributed by atoms with van der Waals surface area (Å²) in [5, 5.41) is 17.8. The molecular weight excluding hydrogens is 368 g/mol. The number of benzene rings is 1. The summed E-state index contributed by atoms with van der Waals surface area (Å²) in [5.74, 6) is 0.217. The van der Waals surface area contributed by atoms with Gasteiger partial charge in [0.1, 0.15) is 8.75 Å². The molecule has 0 N–H and O–H groups in total. The summed E-state index contributed by atoms with van der Waals surface area (Å²) in [4.78, 5) is 19.4. The van der Waals surface area contributed by atoms with Gasteiger partial charge < -0.3 is 0 Å². The van der Waals surface area contributed by atoms with Crippen molar-refractivity contribution < 1.29 is 4.79 Å². The van der Waals surface area contributed by atoms with E-state index in [0.717, 1.165) is 0 Å². The first kappa shape index (κ1) is 19.7. The molecule has 118 valence electrons. The number of nitrogens with zero attached hydrogens (tertiary/aromatic N) is 4. The molecule has 1 aromatic rings. The molecule has 0 spiro atoms. The van der Waals surface area contributed by atoms with Gasteiger partial charge in [0.15, 0.2) is 5.78 Å². The third-order valence-electron chi connectivity index (χ3n) is 2.24. The van der Waals surface area contributed by atoms with Crippen molar-refractivity contribution in [2.24, 2.45) is 9.98 Å². The Morgan fingerprint density at radius 2 is 1.65 bits per heavy atom. The first-order valence-electron chi connectivity index (χ1n) is 6.15. The van der Waals surface area contributed by atoms with Gasteiger partial charge in [-0.3, -0.25) is 4.79 Å². The maximum atomic E-state index is 12.0. The van der Waals surface area contributed by atoms with Gasteiger partial charge in [-0.2, -0.15) is 20.5 Å². The van der Waals surface area contributed by atoms with Crippen LogP contribution in [-0.4, -0.2) is 31.6 Å². The van der Waals surface area contributed by atoms with Crippen LogP contribution in [0.1, 0.15) is 10.4 Å². The van der Waals surface area contributed by atoms with Crippen molar-refractivity contribution in [3.63, 3.8) is 0 Å². The molecule has 9 heteroatoms. The van der Waals surface area contributed by atoms with Crippen LogP contribution in [0, 0.1) is 22.9 Å². The molecule has 0 aromatic heterocycles. The number of thioether (sulfide) groups is 4. The number of nitriles is 2. The van der Waals surface area contributed by atoms with E-state index >= 15 is 0 Å². The van der Waals surface area contributed by atoms with Crippen LogP contribution in [0.4, 0.5) is 0 Å². The molecule has 1 rings (SSSR count). The number of Topliss-reactive ketones (excluding diaryl/α,β-unsaturated/α-hetero) is 1. The first-order chi connectivity index (χ1) is 11.2. The Hall–Kier alpha value is -1.39. The minimum absolute atomic E-state index is 0.00895. The van der Waals surface area contributed by atoms with E-state index in [1.54, 1.807) is 24.5 Å². The zero-order chi connectivity index (χ0) is 16.9. The van der Waals surface area contributed by atoms with Crippen LogP contribution >= 0.6 is 47.0 Å². The highest BCUT2D eigenvalue weighted by Gasteiger charge is 2.10. The molecular formula is C14H12N4OS4. The standard InChI is InChI=1S/C14H12N4OS4/c1-20-13(17-8-15)22-10-23-14(18-9-16)21-7-12(19)11-5-3-2-4-6-11/h2-6H,7,10H2,1H3. The van der Waals surface area contributed by atoms with Crippen LogP contribution in [-0.2, 0) is 0 Å². The van der Waals surface area contributed by atoms with Gasteiger partial charge in [-0.25, -0.2) is 0 Å². The smallest absolute Gasteiger partial charge is 0.207 e. The lowest BCUT2D eigenvalue weighted by Gasteiger charge is -2.04. The number of rotatable bonds is 5. The summed E-state index contributed by atoms with van der Waals surface area (Å²) in [6, 6.07) is 9.00. The molecule has 23 heavy (non-hydrogen) atoms. The van der Waals surface area contributed by atoms with E-state index < -0.39 is 0 Å². The predicted octanol–water partition coefficient (Wildman–Crippen LogP) is 4.06. The van der Waals surface area contributed by atoms with Crippen molar-refractivity contribution in [1.82, 2.24) is 0 Å². The Morgan fingerprint density at radius 1 is 1.04 bits per heavy atom. The van der Waals surface area contributed by atoms with Crippen LogP contribution in [0.25, 0.3) is 0 Å². The Kier molecular flexibility index (Phi) is 10.3. The Bertz CT molecular complexity index is 662. The van der Waals surface area contributed by atoms with Gasteiger partial charge in [-0.15, -0.1) is 11.8 Å². The highest BCUT2D eigenvalue weighted by molar-refractivity contribution is 8.47. The third kappa shape index (κ3) is 8.14. The normalized spacial score (nSPS) is 11.6. The largest absolute Gasteiger partial charge is 0.293 e.